The Balaban J connectivity index is 2.62. The van der Waals surface area contributed by atoms with E-state index in [1.807, 2.05) is 10.8 Å². The van der Waals surface area contributed by atoms with Crippen LogP contribution in [-0.4, -0.2) is 15.5 Å². The Morgan fingerprint density at radius 1 is 1.56 bits per heavy atom. The Kier molecular flexibility index (Phi) is 5.02. The van der Waals surface area contributed by atoms with Crippen LogP contribution in [0.3, 0.4) is 0 Å². The Labute approximate surface area is 96.9 Å². The van der Waals surface area contributed by atoms with Gasteiger partial charge in [0.2, 0.25) is 0 Å². The van der Waals surface area contributed by atoms with Gasteiger partial charge in [-0.2, -0.15) is 0 Å². The van der Waals surface area contributed by atoms with Crippen LogP contribution < -0.4 is 5.73 Å². The van der Waals surface area contributed by atoms with Crippen molar-refractivity contribution in [2.24, 2.45) is 11.7 Å². The maximum Gasteiger partial charge on any atom is 0.284 e. The molecule has 1 rings (SSSR count). The summed E-state index contributed by atoms with van der Waals surface area (Å²) in [5.74, 6) is 0.526. The third kappa shape index (κ3) is 3.36. The first-order valence-corrected chi connectivity index (χ1v) is 5.99. The number of carbonyl (C=O) groups excluding carboxylic acids is 1. The van der Waals surface area contributed by atoms with Gasteiger partial charge in [0.15, 0.2) is 5.82 Å². The maximum atomic E-state index is 11.1. The van der Waals surface area contributed by atoms with E-state index in [1.165, 1.54) is 19.3 Å². The molecule has 0 saturated heterocycles. The molecule has 0 aliphatic rings. The molecule has 1 aromatic rings. The van der Waals surface area contributed by atoms with Crippen LogP contribution >= 0.6 is 0 Å². The minimum Gasteiger partial charge on any atom is -0.363 e. The van der Waals surface area contributed by atoms with Crippen LogP contribution in [-0.2, 0) is 6.54 Å². The van der Waals surface area contributed by atoms with E-state index >= 15 is 0 Å². The first-order chi connectivity index (χ1) is 7.69. The van der Waals surface area contributed by atoms with Gasteiger partial charge in [-0.1, -0.05) is 33.1 Å². The molecular weight excluding hydrogens is 202 g/mol. The second-order valence-electron chi connectivity index (χ2n) is 4.18. The number of carbonyl (C=O) groups is 1. The van der Waals surface area contributed by atoms with Gasteiger partial charge in [-0.25, -0.2) is 4.98 Å². The second-order valence-corrected chi connectivity index (χ2v) is 4.18. The third-order valence-corrected chi connectivity index (χ3v) is 2.93. The van der Waals surface area contributed by atoms with Gasteiger partial charge in [0, 0.05) is 18.9 Å². The summed E-state index contributed by atoms with van der Waals surface area (Å²) in [6.45, 7) is 5.22. The highest BCUT2D eigenvalue weighted by molar-refractivity contribution is 5.89. The molecule has 4 heteroatoms. The van der Waals surface area contributed by atoms with E-state index in [4.69, 9.17) is 5.73 Å². The number of primary amides is 1. The molecule has 1 amide bonds. The fraction of sp³-hybridized carbons (Fsp3) is 0.667. The Morgan fingerprint density at radius 2 is 2.31 bits per heavy atom. The van der Waals surface area contributed by atoms with Crippen molar-refractivity contribution >= 4 is 5.91 Å². The van der Waals surface area contributed by atoms with Gasteiger partial charge in [-0.15, -0.1) is 0 Å². The van der Waals surface area contributed by atoms with Crippen molar-refractivity contribution < 1.29 is 4.79 Å². The average Bonchev–Trinajstić information content (AvgIpc) is 2.72. The first kappa shape index (κ1) is 12.7. The molecule has 0 radical (unpaired) electrons. The normalized spacial score (nSPS) is 12.6. The topological polar surface area (TPSA) is 60.9 Å². The second kappa shape index (κ2) is 6.30. The van der Waals surface area contributed by atoms with Gasteiger partial charge < -0.3 is 10.3 Å². The monoisotopic (exact) mass is 223 g/mol. The Hall–Kier alpha value is -1.32. The lowest BCUT2D eigenvalue weighted by Crippen LogP contribution is -2.20. The van der Waals surface area contributed by atoms with Crippen LogP contribution in [0, 0.1) is 5.92 Å². The summed E-state index contributed by atoms with van der Waals surface area (Å²) in [6, 6.07) is 0. The predicted molar refractivity (Wildman–Crippen MR) is 64.1 cm³/mol. The molecule has 1 heterocycles. The SMILES string of the molecule is CCCCC(CC)Cn1ccnc1C(N)=O. The van der Waals surface area contributed by atoms with E-state index in [0.29, 0.717) is 11.7 Å². The van der Waals surface area contributed by atoms with Gasteiger partial charge >= 0.3 is 0 Å². The highest BCUT2D eigenvalue weighted by Crippen LogP contribution is 2.15. The van der Waals surface area contributed by atoms with Crippen molar-refractivity contribution in [2.75, 3.05) is 0 Å². The lowest BCUT2D eigenvalue weighted by atomic mass is 9.99. The summed E-state index contributed by atoms with van der Waals surface area (Å²) < 4.78 is 1.87. The van der Waals surface area contributed by atoms with E-state index < -0.39 is 5.91 Å². The summed E-state index contributed by atoms with van der Waals surface area (Å²) in [6.07, 6.45) is 8.23. The number of unbranched alkanes of at least 4 members (excludes halogenated alkanes) is 1. The van der Waals surface area contributed by atoms with Crippen LogP contribution in [0.4, 0.5) is 0 Å². The number of nitrogens with zero attached hydrogens (tertiary/aromatic N) is 2. The van der Waals surface area contributed by atoms with Crippen LogP contribution in [0.5, 0.6) is 0 Å². The average molecular weight is 223 g/mol. The lowest BCUT2D eigenvalue weighted by molar-refractivity contribution is 0.0985. The minimum atomic E-state index is -0.449. The molecular formula is C12H21N3O. The highest BCUT2D eigenvalue weighted by Gasteiger charge is 2.12. The zero-order chi connectivity index (χ0) is 12.0. The molecule has 1 atom stereocenters. The molecule has 0 aromatic carbocycles. The molecule has 0 spiro atoms. The number of hydrogen-bond acceptors (Lipinski definition) is 2. The Bertz CT molecular complexity index is 333. The molecule has 4 nitrogen and oxygen atoms in total. The van der Waals surface area contributed by atoms with Crippen LogP contribution in [0.2, 0.25) is 0 Å². The fourth-order valence-corrected chi connectivity index (χ4v) is 1.88. The fourth-order valence-electron chi connectivity index (χ4n) is 1.88. The summed E-state index contributed by atoms with van der Waals surface area (Å²) >= 11 is 0. The first-order valence-electron chi connectivity index (χ1n) is 5.99. The van der Waals surface area contributed by atoms with Crippen LogP contribution in [0.25, 0.3) is 0 Å². The molecule has 16 heavy (non-hydrogen) atoms. The van der Waals surface area contributed by atoms with Crippen LogP contribution in [0.15, 0.2) is 12.4 Å². The van der Waals surface area contributed by atoms with Crippen molar-refractivity contribution in [3.05, 3.63) is 18.2 Å². The van der Waals surface area contributed by atoms with E-state index in [-0.39, 0.29) is 0 Å². The maximum absolute atomic E-state index is 11.1. The molecule has 0 aliphatic heterocycles. The van der Waals surface area contributed by atoms with E-state index in [2.05, 4.69) is 18.8 Å². The quantitative estimate of drug-likeness (QED) is 0.770. The highest BCUT2D eigenvalue weighted by atomic mass is 16.1. The molecule has 0 bridgehead atoms. The Morgan fingerprint density at radius 3 is 2.88 bits per heavy atom. The van der Waals surface area contributed by atoms with Crippen molar-refractivity contribution in [3.8, 4) is 0 Å². The van der Waals surface area contributed by atoms with Crippen molar-refractivity contribution in [1.29, 1.82) is 0 Å². The zero-order valence-electron chi connectivity index (χ0n) is 10.1. The predicted octanol–water partition coefficient (Wildman–Crippen LogP) is 2.20. The molecule has 0 saturated carbocycles. The zero-order valence-corrected chi connectivity index (χ0v) is 10.1. The van der Waals surface area contributed by atoms with E-state index in [0.717, 1.165) is 13.0 Å². The molecule has 0 fully saturated rings. The molecule has 90 valence electrons. The number of amides is 1. The largest absolute Gasteiger partial charge is 0.363 e. The van der Waals surface area contributed by atoms with Crippen LogP contribution in [0.1, 0.15) is 50.1 Å². The summed E-state index contributed by atoms with van der Waals surface area (Å²) in [5, 5.41) is 0. The number of imidazole rings is 1. The molecule has 1 aromatic heterocycles. The number of nitrogens with two attached hydrogens (primary N) is 1. The van der Waals surface area contributed by atoms with E-state index in [1.54, 1.807) is 6.20 Å². The van der Waals surface area contributed by atoms with Gasteiger partial charge in [-0.05, 0) is 12.3 Å². The van der Waals surface area contributed by atoms with Gasteiger partial charge in [0.25, 0.3) is 5.91 Å². The minimum absolute atomic E-state index is 0.370. The number of aromatic nitrogens is 2. The number of rotatable bonds is 7. The van der Waals surface area contributed by atoms with Crippen molar-refractivity contribution in [1.82, 2.24) is 9.55 Å². The summed E-state index contributed by atoms with van der Waals surface area (Å²) in [5.41, 5.74) is 5.25. The standard InChI is InChI=1S/C12H21N3O/c1-3-5-6-10(4-2)9-15-8-7-14-12(15)11(13)16/h7-8,10H,3-6,9H2,1-2H3,(H2,13,16). The lowest BCUT2D eigenvalue weighted by Gasteiger charge is -2.15. The molecule has 0 aliphatic carbocycles. The number of hydrogen-bond donors (Lipinski definition) is 1. The molecule has 2 N–H and O–H groups in total. The summed E-state index contributed by atoms with van der Waals surface area (Å²) in [7, 11) is 0. The van der Waals surface area contributed by atoms with Crippen molar-refractivity contribution in [3.63, 3.8) is 0 Å². The van der Waals surface area contributed by atoms with Gasteiger partial charge in [0.05, 0.1) is 0 Å². The van der Waals surface area contributed by atoms with Gasteiger partial charge in [-0.3, -0.25) is 4.79 Å². The third-order valence-electron chi connectivity index (χ3n) is 2.93. The van der Waals surface area contributed by atoms with Gasteiger partial charge in [0.1, 0.15) is 0 Å². The molecule has 1 unspecified atom stereocenters. The summed E-state index contributed by atoms with van der Waals surface area (Å²) in [4.78, 5) is 15.1. The smallest absolute Gasteiger partial charge is 0.284 e. The van der Waals surface area contributed by atoms with Crippen molar-refractivity contribution in [2.45, 2.75) is 46.1 Å². The van der Waals surface area contributed by atoms with E-state index in [9.17, 15) is 4.79 Å².